The lowest BCUT2D eigenvalue weighted by Gasteiger charge is -2.23. The molecular formula is C9H16ClN3S. The maximum absolute atomic E-state index is 4.05. The predicted molar refractivity (Wildman–Crippen MR) is 62.1 cm³/mol. The predicted octanol–water partition coefficient (Wildman–Crippen LogP) is 1.41. The second-order valence-corrected chi connectivity index (χ2v) is 4.34. The van der Waals surface area contributed by atoms with E-state index in [9.17, 15) is 0 Å². The molecule has 1 fully saturated rings. The first-order valence-electron chi connectivity index (χ1n) is 4.76. The van der Waals surface area contributed by atoms with Crippen molar-refractivity contribution in [3.05, 3.63) is 16.6 Å². The molecule has 0 saturated carbocycles. The quantitative estimate of drug-likeness (QED) is 0.829. The topological polar surface area (TPSA) is 37.0 Å². The molecular weight excluding hydrogens is 218 g/mol. The number of aromatic nitrogens is 1. The molecule has 0 aliphatic carbocycles. The van der Waals surface area contributed by atoms with Crippen LogP contribution >= 0.6 is 23.7 Å². The van der Waals surface area contributed by atoms with E-state index in [1.165, 1.54) is 17.7 Å². The smallest absolute Gasteiger partial charge is 0.0794 e. The number of nitrogens with zero attached hydrogens (tertiary/aromatic N) is 1. The van der Waals surface area contributed by atoms with Gasteiger partial charge in [-0.3, -0.25) is 4.98 Å². The molecule has 0 amide bonds. The fourth-order valence-corrected chi connectivity index (χ4v) is 2.15. The summed E-state index contributed by atoms with van der Waals surface area (Å²) in [6.45, 7) is 3.29. The Bertz CT molecular complexity index is 234. The third kappa shape index (κ3) is 3.53. The normalized spacial score (nSPS) is 17.7. The molecule has 1 aromatic rings. The highest BCUT2D eigenvalue weighted by Gasteiger charge is 2.11. The Hall–Kier alpha value is -0.160. The zero-order chi connectivity index (χ0) is 8.93. The summed E-state index contributed by atoms with van der Waals surface area (Å²) in [5.74, 6) is 0. The minimum atomic E-state index is 0. The second kappa shape index (κ2) is 6.35. The Morgan fingerprint density at radius 1 is 1.50 bits per heavy atom. The van der Waals surface area contributed by atoms with Gasteiger partial charge in [0.15, 0.2) is 0 Å². The first kappa shape index (κ1) is 11.9. The van der Waals surface area contributed by atoms with Gasteiger partial charge in [0.1, 0.15) is 0 Å². The summed E-state index contributed by atoms with van der Waals surface area (Å²) in [5.41, 5.74) is 1.89. The van der Waals surface area contributed by atoms with Crippen molar-refractivity contribution in [2.75, 3.05) is 13.1 Å². The van der Waals surface area contributed by atoms with E-state index in [0.717, 1.165) is 19.6 Å². The monoisotopic (exact) mass is 233 g/mol. The molecule has 1 aromatic heterocycles. The molecule has 2 rings (SSSR count). The van der Waals surface area contributed by atoms with E-state index in [0.29, 0.717) is 6.04 Å². The Morgan fingerprint density at radius 3 is 2.93 bits per heavy atom. The number of hydrogen-bond donors (Lipinski definition) is 2. The number of halogens is 1. The summed E-state index contributed by atoms with van der Waals surface area (Å²) >= 11 is 1.72. The average molecular weight is 234 g/mol. The highest BCUT2D eigenvalue weighted by molar-refractivity contribution is 7.09. The molecule has 1 aliphatic heterocycles. The lowest BCUT2D eigenvalue weighted by molar-refractivity contribution is 0.387. The highest BCUT2D eigenvalue weighted by Crippen LogP contribution is 2.07. The fourth-order valence-electron chi connectivity index (χ4n) is 1.60. The summed E-state index contributed by atoms with van der Waals surface area (Å²) in [5, 5.41) is 6.91. The Kier molecular flexibility index (Phi) is 5.40. The van der Waals surface area contributed by atoms with Crippen molar-refractivity contribution in [3.63, 3.8) is 0 Å². The fraction of sp³-hybridized carbons (Fsp3) is 0.667. The summed E-state index contributed by atoms with van der Waals surface area (Å²) in [6.07, 6.45) is 4.44. The van der Waals surface area contributed by atoms with Gasteiger partial charge in [0.05, 0.1) is 5.51 Å². The molecule has 0 aromatic carbocycles. The van der Waals surface area contributed by atoms with E-state index in [1.54, 1.807) is 11.3 Å². The van der Waals surface area contributed by atoms with Gasteiger partial charge >= 0.3 is 0 Å². The molecule has 3 nitrogen and oxygen atoms in total. The SMILES string of the molecule is Cl.c1ncc(CNC2CCNCC2)s1. The number of thiazole rings is 1. The zero-order valence-corrected chi connectivity index (χ0v) is 9.66. The first-order chi connectivity index (χ1) is 6.45. The van der Waals surface area contributed by atoms with Crippen LogP contribution in [0.1, 0.15) is 17.7 Å². The van der Waals surface area contributed by atoms with Crippen LogP contribution < -0.4 is 10.6 Å². The maximum Gasteiger partial charge on any atom is 0.0794 e. The number of piperidine rings is 1. The summed E-state index contributed by atoms with van der Waals surface area (Å²) in [4.78, 5) is 5.38. The van der Waals surface area contributed by atoms with Gasteiger partial charge in [-0.15, -0.1) is 23.7 Å². The van der Waals surface area contributed by atoms with Crippen LogP contribution in [0.25, 0.3) is 0 Å². The van der Waals surface area contributed by atoms with Crippen LogP contribution in [0.15, 0.2) is 11.7 Å². The minimum absolute atomic E-state index is 0. The molecule has 80 valence electrons. The van der Waals surface area contributed by atoms with Crippen molar-refractivity contribution in [3.8, 4) is 0 Å². The van der Waals surface area contributed by atoms with Crippen molar-refractivity contribution in [2.24, 2.45) is 0 Å². The molecule has 1 aliphatic rings. The van der Waals surface area contributed by atoms with Crippen LogP contribution in [0.2, 0.25) is 0 Å². The van der Waals surface area contributed by atoms with Crippen molar-refractivity contribution in [1.29, 1.82) is 0 Å². The van der Waals surface area contributed by atoms with Crippen molar-refractivity contribution in [1.82, 2.24) is 15.6 Å². The Balaban J connectivity index is 0.000000980. The number of hydrogen-bond acceptors (Lipinski definition) is 4. The van der Waals surface area contributed by atoms with Gasteiger partial charge in [0, 0.05) is 23.7 Å². The van der Waals surface area contributed by atoms with Gasteiger partial charge in [-0.1, -0.05) is 0 Å². The van der Waals surface area contributed by atoms with Crippen LogP contribution in [0, 0.1) is 0 Å². The van der Waals surface area contributed by atoms with Crippen LogP contribution in [0.5, 0.6) is 0 Å². The summed E-state index contributed by atoms with van der Waals surface area (Å²) in [6, 6.07) is 0.698. The van der Waals surface area contributed by atoms with E-state index in [4.69, 9.17) is 0 Å². The Labute approximate surface area is 94.7 Å². The van der Waals surface area contributed by atoms with Crippen LogP contribution in [0.4, 0.5) is 0 Å². The molecule has 2 N–H and O–H groups in total. The maximum atomic E-state index is 4.05. The Morgan fingerprint density at radius 2 is 2.29 bits per heavy atom. The second-order valence-electron chi connectivity index (χ2n) is 3.37. The molecule has 0 atom stereocenters. The molecule has 2 heterocycles. The third-order valence-electron chi connectivity index (χ3n) is 2.39. The first-order valence-corrected chi connectivity index (χ1v) is 5.64. The largest absolute Gasteiger partial charge is 0.317 e. The van der Waals surface area contributed by atoms with Crippen LogP contribution in [0.3, 0.4) is 0 Å². The van der Waals surface area contributed by atoms with Gasteiger partial charge in [-0.2, -0.15) is 0 Å². The standard InChI is InChI=1S/C9H15N3S.ClH/c1-3-10-4-2-8(1)12-6-9-5-11-7-13-9;/h5,7-8,10,12H,1-4,6H2;1H. The molecule has 0 bridgehead atoms. The van der Waals surface area contributed by atoms with Gasteiger partial charge < -0.3 is 10.6 Å². The van der Waals surface area contributed by atoms with E-state index >= 15 is 0 Å². The summed E-state index contributed by atoms with van der Waals surface area (Å²) in [7, 11) is 0. The lowest BCUT2D eigenvalue weighted by Crippen LogP contribution is -2.39. The van der Waals surface area contributed by atoms with E-state index in [1.807, 2.05) is 11.7 Å². The molecule has 0 spiro atoms. The summed E-state index contributed by atoms with van der Waals surface area (Å²) < 4.78 is 0. The van der Waals surface area contributed by atoms with Crippen LogP contribution in [-0.2, 0) is 6.54 Å². The van der Waals surface area contributed by atoms with Gasteiger partial charge in [-0.25, -0.2) is 0 Å². The van der Waals surface area contributed by atoms with Crippen molar-refractivity contribution >= 4 is 23.7 Å². The van der Waals surface area contributed by atoms with E-state index < -0.39 is 0 Å². The zero-order valence-electron chi connectivity index (χ0n) is 8.03. The van der Waals surface area contributed by atoms with E-state index in [2.05, 4.69) is 15.6 Å². The van der Waals surface area contributed by atoms with Gasteiger partial charge in [-0.05, 0) is 25.9 Å². The van der Waals surface area contributed by atoms with Gasteiger partial charge in [0.25, 0.3) is 0 Å². The number of rotatable bonds is 3. The van der Waals surface area contributed by atoms with Gasteiger partial charge in [0.2, 0.25) is 0 Å². The van der Waals surface area contributed by atoms with Crippen LogP contribution in [-0.4, -0.2) is 24.1 Å². The molecule has 1 saturated heterocycles. The highest BCUT2D eigenvalue weighted by atomic mass is 35.5. The van der Waals surface area contributed by atoms with Crippen molar-refractivity contribution < 1.29 is 0 Å². The molecule has 5 heteroatoms. The molecule has 0 radical (unpaired) electrons. The lowest BCUT2D eigenvalue weighted by atomic mass is 10.1. The third-order valence-corrected chi connectivity index (χ3v) is 3.17. The number of nitrogens with one attached hydrogen (secondary N) is 2. The average Bonchev–Trinajstić information content (AvgIpc) is 2.69. The molecule has 0 unspecified atom stereocenters. The van der Waals surface area contributed by atoms with E-state index in [-0.39, 0.29) is 12.4 Å². The molecule has 14 heavy (non-hydrogen) atoms. The minimum Gasteiger partial charge on any atom is -0.317 e. The van der Waals surface area contributed by atoms with Crippen molar-refractivity contribution in [2.45, 2.75) is 25.4 Å².